The largest absolute Gasteiger partial charge is 0.494 e. The highest BCUT2D eigenvalue weighted by molar-refractivity contribution is 6.07. The smallest absolute Gasteiger partial charge is 0.258 e. The normalized spacial score (nSPS) is 16.8. The number of benzene rings is 2. The molecule has 1 aliphatic rings. The third kappa shape index (κ3) is 3.07. The highest BCUT2D eigenvalue weighted by Gasteiger charge is 2.29. The molecule has 1 heterocycles. The molecule has 2 aromatic carbocycles. The Labute approximate surface area is 135 Å². The van der Waals surface area contributed by atoms with Crippen molar-refractivity contribution in [2.45, 2.75) is 32.7 Å². The van der Waals surface area contributed by atoms with E-state index < -0.39 is 0 Å². The van der Waals surface area contributed by atoms with Gasteiger partial charge in [-0.1, -0.05) is 0 Å². The van der Waals surface area contributed by atoms with E-state index in [9.17, 15) is 9.18 Å². The van der Waals surface area contributed by atoms with Crippen LogP contribution in [0.1, 0.15) is 36.2 Å². The molecule has 1 amide bonds. The molecule has 0 saturated carbocycles. The van der Waals surface area contributed by atoms with E-state index >= 15 is 0 Å². The summed E-state index contributed by atoms with van der Waals surface area (Å²) in [5.74, 6) is 0.429. The summed E-state index contributed by atoms with van der Waals surface area (Å²) in [7, 11) is 0. The van der Waals surface area contributed by atoms with E-state index in [4.69, 9.17) is 4.74 Å². The number of hydrogen-bond donors (Lipinski definition) is 0. The van der Waals surface area contributed by atoms with E-state index in [1.54, 1.807) is 35.2 Å². The highest BCUT2D eigenvalue weighted by atomic mass is 19.1. The SMILES string of the molecule is CCOc1ccc(C(=O)N2c3ccc(F)cc3CC[C@@H]2C)cc1. The summed E-state index contributed by atoms with van der Waals surface area (Å²) in [4.78, 5) is 14.7. The number of anilines is 1. The lowest BCUT2D eigenvalue weighted by Gasteiger charge is -2.35. The van der Waals surface area contributed by atoms with Crippen LogP contribution in [0.25, 0.3) is 0 Å². The average molecular weight is 313 g/mol. The van der Waals surface area contributed by atoms with Crippen LogP contribution in [0.2, 0.25) is 0 Å². The fraction of sp³-hybridized carbons (Fsp3) is 0.316. The molecule has 0 unspecified atom stereocenters. The van der Waals surface area contributed by atoms with Gasteiger partial charge in [0.25, 0.3) is 5.91 Å². The lowest BCUT2D eigenvalue weighted by atomic mass is 9.95. The average Bonchev–Trinajstić information content (AvgIpc) is 2.55. The number of ether oxygens (including phenoxy) is 1. The van der Waals surface area contributed by atoms with Gasteiger partial charge in [0.15, 0.2) is 0 Å². The van der Waals surface area contributed by atoms with Gasteiger partial charge in [-0.25, -0.2) is 4.39 Å². The van der Waals surface area contributed by atoms with Crippen LogP contribution in [0.15, 0.2) is 42.5 Å². The first-order valence-electron chi connectivity index (χ1n) is 7.95. The first-order valence-corrected chi connectivity index (χ1v) is 7.95. The Balaban J connectivity index is 1.92. The third-order valence-electron chi connectivity index (χ3n) is 4.20. The molecule has 1 aliphatic heterocycles. The summed E-state index contributed by atoms with van der Waals surface area (Å²) in [6, 6.07) is 11.9. The summed E-state index contributed by atoms with van der Waals surface area (Å²) in [6.45, 7) is 4.54. The van der Waals surface area contributed by atoms with Crippen LogP contribution in [0.3, 0.4) is 0 Å². The van der Waals surface area contributed by atoms with Gasteiger partial charge in [-0.15, -0.1) is 0 Å². The second-order valence-corrected chi connectivity index (χ2v) is 5.79. The molecule has 2 aromatic rings. The van der Waals surface area contributed by atoms with Gasteiger partial charge in [-0.2, -0.15) is 0 Å². The minimum Gasteiger partial charge on any atom is -0.494 e. The van der Waals surface area contributed by atoms with E-state index in [0.717, 1.165) is 29.8 Å². The van der Waals surface area contributed by atoms with Crippen LogP contribution in [0.4, 0.5) is 10.1 Å². The molecule has 1 atom stereocenters. The van der Waals surface area contributed by atoms with Crippen LogP contribution in [-0.2, 0) is 6.42 Å². The Morgan fingerprint density at radius 2 is 2.00 bits per heavy atom. The van der Waals surface area contributed by atoms with Gasteiger partial charge in [-0.05, 0) is 74.7 Å². The first kappa shape index (κ1) is 15.5. The highest BCUT2D eigenvalue weighted by Crippen LogP contribution is 2.32. The Morgan fingerprint density at radius 1 is 1.26 bits per heavy atom. The zero-order valence-corrected chi connectivity index (χ0v) is 13.4. The van der Waals surface area contributed by atoms with Crippen LogP contribution < -0.4 is 9.64 Å². The molecule has 0 aliphatic carbocycles. The van der Waals surface area contributed by atoms with E-state index in [-0.39, 0.29) is 17.8 Å². The predicted molar refractivity (Wildman–Crippen MR) is 88.6 cm³/mol. The number of carbonyl (C=O) groups excluding carboxylic acids is 1. The van der Waals surface area contributed by atoms with Gasteiger partial charge in [0.1, 0.15) is 11.6 Å². The minimum atomic E-state index is -0.258. The molecule has 23 heavy (non-hydrogen) atoms. The second kappa shape index (κ2) is 6.41. The van der Waals surface area contributed by atoms with Crippen LogP contribution in [0, 0.1) is 5.82 Å². The van der Waals surface area contributed by atoms with E-state index in [1.807, 2.05) is 13.8 Å². The van der Waals surface area contributed by atoms with Gasteiger partial charge in [-0.3, -0.25) is 4.79 Å². The van der Waals surface area contributed by atoms with Crippen molar-refractivity contribution in [2.75, 3.05) is 11.5 Å². The number of hydrogen-bond acceptors (Lipinski definition) is 2. The fourth-order valence-electron chi connectivity index (χ4n) is 3.03. The number of aryl methyl sites for hydroxylation is 1. The van der Waals surface area contributed by atoms with Crippen molar-refractivity contribution in [3.63, 3.8) is 0 Å². The quantitative estimate of drug-likeness (QED) is 0.849. The summed E-state index contributed by atoms with van der Waals surface area (Å²) in [6.07, 6.45) is 1.63. The van der Waals surface area contributed by atoms with Crippen molar-refractivity contribution in [3.05, 3.63) is 59.4 Å². The zero-order chi connectivity index (χ0) is 16.4. The van der Waals surface area contributed by atoms with Crippen molar-refractivity contribution >= 4 is 11.6 Å². The molecule has 3 rings (SSSR count). The maximum absolute atomic E-state index is 13.4. The van der Waals surface area contributed by atoms with Gasteiger partial charge in [0.05, 0.1) is 6.61 Å². The molecular formula is C19H20FNO2. The lowest BCUT2D eigenvalue weighted by Crippen LogP contribution is -2.42. The van der Waals surface area contributed by atoms with Gasteiger partial charge in [0.2, 0.25) is 0 Å². The molecule has 3 nitrogen and oxygen atoms in total. The molecule has 120 valence electrons. The molecule has 0 bridgehead atoms. The van der Waals surface area contributed by atoms with Gasteiger partial charge < -0.3 is 9.64 Å². The van der Waals surface area contributed by atoms with E-state index in [0.29, 0.717) is 12.2 Å². The number of fused-ring (bicyclic) bond motifs is 1. The number of halogens is 1. The molecular weight excluding hydrogens is 293 g/mol. The molecule has 0 fully saturated rings. The maximum Gasteiger partial charge on any atom is 0.258 e. The molecule has 0 N–H and O–H groups in total. The predicted octanol–water partition coefficient (Wildman–Crippen LogP) is 4.21. The van der Waals surface area contributed by atoms with Crippen molar-refractivity contribution < 1.29 is 13.9 Å². The Morgan fingerprint density at radius 3 is 2.70 bits per heavy atom. The zero-order valence-electron chi connectivity index (χ0n) is 13.4. The van der Waals surface area contributed by atoms with E-state index in [1.165, 1.54) is 12.1 Å². The van der Waals surface area contributed by atoms with Crippen LogP contribution >= 0.6 is 0 Å². The lowest BCUT2D eigenvalue weighted by molar-refractivity contribution is 0.0975. The molecule has 0 aromatic heterocycles. The summed E-state index contributed by atoms with van der Waals surface area (Å²) >= 11 is 0. The Kier molecular flexibility index (Phi) is 4.33. The summed E-state index contributed by atoms with van der Waals surface area (Å²) in [5.41, 5.74) is 2.31. The molecule has 0 radical (unpaired) electrons. The fourth-order valence-corrected chi connectivity index (χ4v) is 3.03. The molecule has 0 saturated heterocycles. The van der Waals surface area contributed by atoms with Crippen molar-refractivity contribution in [1.82, 2.24) is 0 Å². The first-order chi connectivity index (χ1) is 11.1. The number of carbonyl (C=O) groups is 1. The monoisotopic (exact) mass is 313 g/mol. The number of amides is 1. The van der Waals surface area contributed by atoms with Crippen molar-refractivity contribution in [2.24, 2.45) is 0 Å². The van der Waals surface area contributed by atoms with Crippen LogP contribution in [0.5, 0.6) is 5.75 Å². The maximum atomic E-state index is 13.4. The summed E-state index contributed by atoms with van der Waals surface area (Å²) < 4.78 is 18.9. The van der Waals surface area contributed by atoms with Gasteiger partial charge >= 0.3 is 0 Å². The van der Waals surface area contributed by atoms with Crippen molar-refractivity contribution in [3.8, 4) is 5.75 Å². The molecule has 4 heteroatoms. The van der Waals surface area contributed by atoms with Gasteiger partial charge in [0, 0.05) is 17.3 Å². The minimum absolute atomic E-state index is 0.0619. The Hall–Kier alpha value is -2.36. The summed E-state index contributed by atoms with van der Waals surface area (Å²) in [5, 5.41) is 0. The number of nitrogens with zero attached hydrogens (tertiary/aromatic N) is 1. The molecule has 0 spiro atoms. The second-order valence-electron chi connectivity index (χ2n) is 5.79. The Bertz CT molecular complexity index is 712. The van der Waals surface area contributed by atoms with E-state index in [2.05, 4.69) is 0 Å². The topological polar surface area (TPSA) is 29.5 Å². The third-order valence-corrected chi connectivity index (χ3v) is 4.20. The standard InChI is InChI=1S/C19H20FNO2/c1-3-23-17-9-6-14(7-10-17)19(22)21-13(2)4-5-15-12-16(20)8-11-18(15)21/h6-13H,3-5H2,1-2H3/t13-/m0/s1. The van der Waals surface area contributed by atoms with Crippen LogP contribution in [-0.4, -0.2) is 18.6 Å². The van der Waals surface area contributed by atoms with Crippen molar-refractivity contribution in [1.29, 1.82) is 0 Å². The number of rotatable bonds is 3.